The molecule has 1 aromatic carbocycles. The van der Waals surface area contributed by atoms with Crippen LogP contribution in [0.4, 0.5) is 4.39 Å². The number of carbonyl (C=O) groups is 1. The maximum Gasteiger partial charge on any atom is 0.310 e. The molecule has 1 aromatic rings. The molecule has 4 heteroatoms. The first-order valence-corrected chi connectivity index (χ1v) is 5.22. The molecule has 86 valence electrons. The zero-order valence-electron chi connectivity index (χ0n) is 9.00. The van der Waals surface area contributed by atoms with Crippen LogP contribution in [0.15, 0.2) is 12.1 Å². The highest BCUT2D eigenvalue weighted by atomic mass is 19.1. The molecular weight excluding hydrogens is 211 g/mol. The Kier molecular flexibility index (Phi) is 2.81. The van der Waals surface area contributed by atoms with Crippen molar-refractivity contribution in [1.29, 1.82) is 0 Å². The number of carboxylic acids is 1. The van der Waals surface area contributed by atoms with E-state index in [0.29, 0.717) is 12.0 Å². The van der Waals surface area contributed by atoms with E-state index in [0.717, 1.165) is 18.4 Å². The Hall–Kier alpha value is -1.58. The van der Waals surface area contributed by atoms with E-state index in [9.17, 15) is 9.18 Å². The van der Waals surface area contributed by atoms with Gasteiger partial charge in [-0.1, -0.05) is 0 Å². The molecule has 0 aromatic heterocycles. The Balaban J connectivity index is 2.50. The smallest absolute Gasteiger partial charge is 0.310 e. The Morgan fingerprint density at radius 1 is 1.56 bits per heavy atom. The summed E-state index contributed by atoms with van der Waals surface area (Å²) in [7, 11) is 1.38. The molecule has 1 unspecified atom stereocenters. The van der Waals surface area contributed by atoms with E-state index in [1.807, 2.05) is 0 Å². The van der Waals surface area contributed by atoms with Crippen LogP contribution in [-0.4, -0.2) is 18.2 Å². The van der Waals surface area contributed by atoms with Crippen molar-refractivity contribution in [2.24, 2.45) is 0 Å². The van der Waals surface area contributed by atoms with E-state index in [1.54, 1.807) is 0 Å². The zero-order chi connectivity index (χ0) is 11.7. The minimum absolute atomic E-state index is 0.117. The van der Waals surface area contributed by atoms with Crippen molar-refractivity contribution in [2.75, 3.05) is 7.11 Å². The van der Waals surface area contributed by atoms with Gasteiger partial charge in [-0.2, -0.15) is 0 Å². The molecule has 0 saturated heterocycles. The van der Waals surface area contributed by atoms with Gasteiger partial charge >= 0.3 is 5.97 Å². The van der Waals surface area contributed by atoms with Crippen LogP contribution >= 0.6 is 0 Å². The Morgan fingerprint density at radius 2 is 2.31 bits per heavy atom. The fourth-order valence-corrected chi connectivity index (χ4v) is 2.22. The minimum atomic E-state index is -0.852. The first-order chi connectivity index (χ1) is 7.63. The van der Waals surface area contributed by atoms with Gasteiger partial charge < -0.3 is 9.84 Å². The van der Waals surface area contributed by atoms with Crippen molar-refractivity contribution in [2.45, 2.75) is 25.2 Å². The molecule has 0 bridgehead atoms. The number of carboxylic acid groups (broad SMARTS) is 1. The molecule has 0 spiro atoms. The number of fused-ring (bicyclic) bond motifs is 1. The number of hydrogen-bond acceptors (Lipinski definition) is 2. The molecule has 1 atom stereocenters. The van der Waals surface area contributed by atoms with Gasteiger partial charge in [0.2, 0.25) is 0 Å². The maximum absolute atomic E-state index is 13.4. The second-order valence-electron chi connectivity index (χ2n) is 3.97. The van der Waals surface area contributed by atoms with Gasteiger partial charge in [0.15, 0.2) is 11.6 Å². The summed E-state index contributed by atoms with van der Waals surface area (Å²) in [5.74, 6) is -1.69. The monoisotopic (exact) mass is 224 g/mol. The maximum atomic E-state index is 13.4. The van der Waals surface area contributed by atoms with Gasteiger partial charge in [0.25, 0.3) is 0 Å². The normalized spacial score (nSPS) is 19.0. The van der Waals surface area contributed by atoms with Gasteiger partial charge in [-0.15, -0.1) is 0 Å². The molecule has 0 aliphatic heterocycles. The van der Waals surface area contributed by atoms with Crippen molar-refractivity contribution in [3.63, 3.8) is 0 Å². The number of ether oxygens (including phenoxy) is 1. The summed E-state index contributed by atoms with van der Waals surface area (Å²) in [5.41, 5.74) is 1.48. The third kappa shape index (κ3) is 1.75. The first-order valence-electron chi connectivity index (χ1n) is 5.22. The van der Waals surface area contributed by atoms with Gasteiger partial charge in [0, 0.05) is 0 Å². The van der Waals surface area contributed by atoms with Gasteiger partial charge in [0.1, 0.15) is 0 Å². The third-order valence-electron chi connectivity index (χ3n) is 3.03. The van der Waals surface area contributed by atoms with Crippen LogP contribution in [0.2, 0.25) is 0 Å². The summed E-state index contributed by atoms with van der Waals surface area (Å²) < 4.78 is 18.3. The van der Waals surface area contributed by atoms with Crippen LogP contribution in [0, 0.1) is 5.82 Å². The molecule has 0 fully saturated rings. The van der Waals surface area contributed by atoms with Gasteiger partial charge in [0.05, 0.1) is 13.0 Å². The molecule has 0 saturated carbocycles. The highest BCUT2D eigenvalue weighted by Gasteiger charge is 2.27. The van der Waals surface area contributed by atoms with Crippen LogP contribution < -0.4 is 4.74 Å². The predicted octanol–water partition coefficient (Wildman–Crippen LogP) is 2.34. The predicted molar refractivity (Wildman–Crippen MR) is 56.3 cm³/mol. The van der Waals surface area contributed by atoms with E-state index in [1.165, 1.54) is 19.2 Å². The number of aryl methyl sites for hydroxylation is 1. The summed E-state index contributed by atoms with van der Waals surface area (Å²) >= 11 is 0. The minimum Gasteiger partial charge on any atom is -0.494 e. The SMILES string of the molecule is COc1cc2c(cc1F)CCCC2C(=O)O. The van der Waals surface area contributed by atoms with Gasteiger partial charge in [-0.25, -0.2) is 4.39 Å². The summed E-state index contributed by atoms with van der Waals surface area (Å²) in [6.07, 6.45) is 2.13. The summed E-state index contributed by atoms with van der Waals surface area (Å²) in [6, 6.07) is 2.91. The van der Waals surface area contributed by atoms with Crippen LogP contribution in [0.5, 0.6) is 5.75 Å². The van der Waals surface area contributed by atoms with Crippen molar-refractivity contribution in [3.05, 3.63) is 29.1 Å². The second-order valence-corrected chi connectivity index (χ2v) is 3.97. The molecule has 16 heavy (non-hydrogen) atoms. The van der Waals surface area contributed by atoms with Crippen molar-refractivity contribution in [1.82, 2.24) is 0 Å². The molecule has 1 aliphatic carbocycles. The largest absolute Gasteiger partial charge is 0.494 e. The average Bonchev–Trinajstić information content (AvgIpc) is 2.26. The Bertz CT molecular complexity index is 429. The lowest BCUT2D eigenvalue weighted by Gasteiger charge is -2.23. The molecule has 0 amide bonds. The third-order valence-corrected chi connectivity index (χ3v) is 3.03. The molecular formula is C12H13FO3. The lowest BCUT2D eigenvalue weighted by molar-refractivity contribution is -0.139. The van der Waals surface area contributed by atoms with Gasteiger partial charge in [-0.3, -0.25) is 4.79 Å². The van der Waals surface area contributed by atoms with E-state index in [4.69, 9.17) is 9.84 Å². The van der Waals surface area contributed by atoms with E-state index in [2.05, 4.69) is 0 Å². The lowest BCUT2D eigenvalue weighted by atomic mass is 9.82. The Morgan fingerprint density at radius 3 is 2.94 bits per heavy atom. The van der Waals surface area contributed by atoms with Crippen molar-refractivity contribution >= 4 is 5.97 Å². The average molecular weight is 224 g/mol. The topological polar surface area (TPSA) is 46.5 Å². The molecule has 0 heterocycles. The number of methoxy groups -OCH3 is 1. The zero-order valence-corrected chi connectivity index (χ0v) is 9.00. The molecule has 2 rings (SSSR count). The number of hydrogen-bond donors (Lipinski definition) is 1. The molecule has 1 aliphatic rings. The highest BCUT2D eigenvalue weighted by molar-refractivity contribution is 5.77. The van der Waals surface area contributed by atoms with E-state index in [-0.39, 0.29) is 5.75 Å². The highest BCUT2D eigenvalue weighted by Crippen LogP contribution is 2.35. The van der Waals surface area contributed by atoms with Crippen LogP contribution in [0.1, 0.15) is 29.9 Å². The number of halogens is 1. The number of aliphatic carboxylic acids is 1. The van der Waals surface area contributed by atoms with E-state index >= 15 is 0 Å². The van der Waals surface area contributed by atoms with Crippen LogP contribution in [0.3, 0.4) is 0 Å². The number of rotatable bonds is 2. The molecule has 1 N–H and O–H groups in total. The first kappa shape index (κ1) is 10.9. The standard InChI is InChI=1S/C12H13FO3/c1-16-11-6-9-7(5-10(11)13)3-2-4-8(9)12(14)15/h5-6,8H,2-4H2,1H3,(H,14,15). The summed E-state index contributed by atoms with van der Waals surface area (Å²) in [4.78, 5) is 11.1. The second kappa shape index (κ2) is 4.12. The van der Waals surface area contributed by atoms with Crippen molar-refractivity contribution in [3.8, 4) is 5.75 Å². The number of benzene rings is 1. The quantitative estimate of drug-likeness (QED) is 0.838. The van der Waals surface area contributed by atoms with Crippen LogP contribution in [0.25, 0.3) is 0 Å². The van der Waals surface area contributed by atoms with E-state index < -0.39 is 17.7 Å². The Labute approximate surface area is 92.9 Å². The fraction of sp³-hybridized carbons (Fsp3) is 0.417. The lowest BCUT2D eigenvalue weighted by Crippen LogP contribution is -2.18. The van der Waals surface area contributed by atoms with Gasteiger partial charge in [-0.05, 0) is 42.5 Å². The molecule has 0 radical (unpaired) electrons. The van der Waals surface area contributed by atoms with Crippen LogP contribution in [-0.2, 0) is 11.2 Å². The summed E-state index contributed by atoms with van der Waals surface area (Å²) in [6.45, 7) is 0. The summed E-state index contributed by atoms with van der Waals surface area (Å²) in [5, 5.41) is 9.08. The molecule has 3 nitrogen and oxygen atoms in total. The fourth-order valence-electron chi connectivity index (χ4n) is 2.22. The van der Waals surface area contributed by atoms with Crippen molar-refractivity contribution < 1.29 is 19.0 Å².